The molecule has 1 aromatic heterocycles. The minimum atomic E-state index is 0.312. The molecule has 2 N–H and O–H groups in total. The van der Waals surface area contributed by atoms with Gasteiger partial charge in [-0.25, -0.2) is 0 Å². The summed E-state index contributed by atoms with van der Waals surface area (Å²) in [6.45, 7) is 6.85. The smallest absolute Gasteiger partial charge is 0.0413 e. The first kappa shape index (κ1) is 14.1. The molecule has 108 valence electrons. The molecule has 0 radical (unpaired) electrons. The Labute approximate surface area is 125 Å². The van der Waals surface area contributed by atoms with Crippen molar-refractivity contribution in [2.24, 2.45) is 11.7 Å². The molecule has 3 heteroatoms. The molecule has 3 rings (SSSR count). The van der Waals surface area contributed by atoms with Gasteiger partial charge in [-0.1, -0.05) is 18.2 Å². The number of rotatable bonds is 3. The number of benzene rings is 1. The molecule has 3 atom stereocenters. The highest BCUT2D eigenvalue weighted by Gasteiger charge is 2.26. The van der Waals surface area contributed by atoms with E-state index in [0.29, 0.717) is 18.0 Å². The van der Waals surface area contributed by atoms with Crippen LogP contribution in [-0.4, -0.2) is 24.0 Å². The van der Waals surface area contributed by atoms with Crippen LogP contribution in [0.3, 0.4) is 0 Å². The Kier molecular flexibility index (Phi) is 4.11. The number of likely N-dealkylation sites (tertiary alicyclic amines) is 1. The van der Waals surface area contributed by atoms with Crippen molar-refractivity contribution in [2.45, 2.75) is 38.8 Å². The maximum atomic E-state index is 6.11. The predicted molar refractivity (Wildman–Crippen MR) is 88.2 cm³/mol. The molecule has 0 amide bonds. The lowest BCUT2D eigenvalue weighted by Crippen LogP contribution is -2.43. The van der Waals surface area contributed by atoms with E-state index in [1.165, 1.54) is 34.3 Å². The second kappa shape index (κ2) is 5.84. The lowest BCUT2D eigenvalue weighted by Gasteiger charge is -2.38. The normalized spacial score (nSPS) is 23.9. The van der Waals surface area contributed by atoms with E-state index in [1.54, 1.807) is 0 Å². The highest BCUT2D eigenvalue weighted by atomic mass is 32.1. The molecule has 1 aromatic carbocycles. The molecule has 2 aromatic rings. The summed E-state index contributed by atoms with van der Waals surface area (Å²) in [7, 11) is 0. The van der Waals surface area contributed by atoms with Crippen molar-refractivity contribution in [3.05, 3.63) is 35.2 Å². The van der Waals surface area contributed by atoms with Gasteiger partial charge in [-0.15, -0.1) is 11.3 Å². The van der Waals surface area contributed by atoms with Gasteiger partial charge in [-0.05, 0) is 56.7 Å². The lowest BCUT2D eigenvalue weighted by atomic mass is 9.91. The Morgan fingerprint density at radius 1 is 1.30 bits per heavy atom. The molecule has 0 bridgehead atoms. The van der Waals surface area contributed by atoms with Crippen LogP contribution >= 0.6 is 11.3 Å². The monoisotopic (exact) mass is 288 g/mol. The number of hydrogen-bond donors (Lipinski definition) is 1. The zero-order chi connectivity index (χ0) is 14.1. The summed E-state index contributed by atoms with van der Waals surface area (Å²) in [5.41, 5.74) is 6.11. The van der Waals surface area contributed by atoms with Crippen molar-refractivity contribution in [3.8, 4) is 0 Å². The quantitative estimate of drug-likeness (QED) is 0.924. The van der Waals surface area contributed by atoms with Crippen LogP contribution in [0.4, 0.5) is 0 Å². The Balaban J connectivity index is 1.79. The van der Waals surface area contributed by atoms with Gasteiger partial charge in [0.25, 0.3) is 0 Å². The van der Waals surface area contributed by atoms with Crippen LogP contribution < -0.4 is 5.73 Å². The fourth-order valence-corrected chi connectivity index (χ4v) is 4.36. The van der Waals surface area contributed by atoms with Crippen LogP contribution in [0.15, 0.2) is 30.3 Å². The third kappa shape index (κ3) is 2.76. The number of nitrogens with two attached hydrogens (primary N) is 1. The molecule has 0 saturated carbocycles. The fraction of sp³-hybridized carbons (Fsp3) is 0.529. The molecule has 3 unspecified atom stereocenters. The van der Waals surface area contributed by atoms with Gasteiger partial charge >= 0.3 is 0 Å². The maximum Gasteiger partial charge on any atom is 0.0413 e. The maximum absolute atomic E-state index is 6.11. The number of hydrogen-bond acceptors (Lipinski definition) is 3. The SMILES string of the molecule is CC(N)C1CCCN(C(C)c2cc3ccccc3s2)C1. The van der Waals surface area contributed by atoms with Crippen molar-refractivity contribution in [2.75, 3.05) is 13.1 Å². The van der Waals surface area contributed by atoms with E-state index in [9.17, 15) is 0 Å². The van der Waals surface area contributed by atoms with Crippen LogP contribution in [0.2, 0.25) is 0 Å². The van der Waals surface area contributed by atoms with Gasteiger partial charge in [0, 0.05) is 28.2 Å². The number of piperidine rings is 1. The summed E-state index contributed by atoms with van der Waals surface area (Å²) in [4.78, 5) is 4.10. The second-order valence-electron chi connectivity index (χ2n) is 6.12. The number of thiophene rings is 1. The Morgan fingerprint density at radius 3 is 2.85 bits per heavy atom. The van der Waals surface area contributed by atoms with Crippen LogP contribution in [0, 0.1) is 5.92 Å². The molecule has 1 aliphatic heterocycles. The van der Waals surface area contributed by atoms with Crippen LogP contribution in [0.5, 0.6) is 0 Å². The lowest BCUT2D eigenvalue weighted by molar-refractivity contribution is 0.123. The first-order valence-corrected chi connectivity index (χ1v) is 8.45. The van der Waals surface area contributed by atoms with E-state index in [0.717, 1.165) is 6.54 Å². The standard InChI is InChI=1S/C17H24N2S/c1-12(18)15-7-5-9-19(11-15)13(2)17-10-14-6-3-4-8-16(14)20-17/h3-4,6,8,10,12-13,15H,5,7,9,11,18H2,1-2H3. The topological polar surface area (TPSA) is 29.3 Å². The van der Waals surface area contributed by atoms with Crippen molar-refractivity contribution in [1.29, 1.82) is 0 Å². The first-order chi connectivity index (χ1) is 9.65. The molecule has 1 fully saturated rings. The molecule has 20 heavy (non-hydrogen) atoms. The highest BCUT2D eigenvalue weighted by molar-refractivity contribution is 7.19. The third-order valence-electron chi connectivity index (χ3n) is 4.64. The van der Waals surface area contributed by atoms with E-state index >= 15 is 0 Å². The summed E-state index contributed by atoms with van der Waals surface area (Å²) in [6.07, 6.45) is 2.56. The van der Waals surface area contributed by atoms with Crippen LogP contribution in [0.1, 0.15) is 37.6 Å². The van der Waals surface area contributed by atoms with Gasteiger partial charge < -0.3 is 5.73 Å². The Hall–Kier alpha value is -0.900. The van der Waals surface area contributed by atoms with E-state index < -0.39 is 0 Å². The minimum absolute atomic E-state index is 0.312. The van der Waals surface area contributed by atoms with E-state index in [2.05, 4.69) is 49.1 Å². The summed E-state index contributed by atoms with van der Waals surface area (Å²) < 4.78 is 1.40. The largest absolute Gasteiger partial charge is 0.328 e. The second-order valence-corrected chi connectivity index (χ2v) is 7.23. The van der Waals surface area contributed by atoms with Gasteiger partial charge in [0.2, 0.25) is 0 Å². The van der Waals surface area contributed by atoms with Crippen molar-refractivity contribution < 1.29 is 0 Å². The van der Waals surface area contributed by atoms with Crippen molar-refractivity contribution >= 4 is 21.4 Å². The summed E-state index contributed by atoms with van der Waals surface area (Å²) in [5, 5.41) is 1.38. The molecule has 0 aliphatic carbocycles. The van der Waals surface area contributed by atoms with Gasteiger partial charge in [-0.3, -0.25) is 4.90 Å². The third-order valence-corrected chi connectivity index (χ3v) is 5.92. The average Bonchev–Trinajstić information content (AvgIpc) is 2.90. The predicted octanol–water partition coefficient (Wildman–Crippen LogP) is 4.02. The molecule has 0 spiro atoms. The number of nitrogens with zero attached hydrogens (tertiary/aromatic N) is 1. The highest BCUT2D eigenvalue weighted by Crippen LogP contribution is 2.34. The first-order valence-electron chi connectivity index (χ1n) is 7.63. The zero-order valence-electron chi connectivity index (χ0n) is 12.4. The summed E-state index contributed by atoms with van der Waals surface area (Å²) in [6, 6.07) is 11.9. The van der Waals surface area contributed by atoms with Crippen molar-refractivity contribution in [1.82, 2.24) is 4.90 Å². The molecule has 2 heterocycles. The van der Waals surface area contributed by atoms with E-state index in [-0.39, 0.29) is 0 Å². The van der Waals surface area contributed by atoms with Crippen LogP contribution in [-0.2, 0) is 0 Å². The Bertz CT molecular complexity index is 542. The van der Waals surface area contributed by atoms with E-state index in [4.69, 9.17) is 5.73 Å². The number of fused-ring (bicyclic) bond motifs is 1. The van der Waals surface area contributed by atoms with Gasteiger partial charge in [0.15, 0.2) is 0 Å². The van der Waals surface area contributed by atoms with E-state index in [1.807, 2.05) is 11.3 Å². The zero-order valence-corrected chi connectivity index (χ0v) is 13.2. The fourth-order valence-electron chi connectivity index (χ4n) is 3.21. The molecule has 1 aliphatic rings. The summed E-state index contributed by atoms with van der Waals surface area (Å²) in [5.74, 6) is 0.653. The Morgan fingerprint density at radius 2 is 2.10 bits per heavy atom. The summed E-state index contributed by atoms with van der Waals surface area (Å²) >= 11 is 1.94. The minimum Gasteiger partial charge on any atom is -0.328 e. The molecule has 2 nitrogen and oxygen atoms in total. The van der Waals surface area contributed by atoms with Gasteiger partial charge in [-0.2, -0.15) is 0 Å². The van der Waals surface area contributed by atoms with Crippen molar-refractivity contribution in [3.63, 3.8) is 0 Å². The molecule has 1 saturated heterocycles. The van der Waals surface area contributed by atoms with Crippen LogP contribution in [0.25, 0.3) is 10.1 Å². The molecular weight excluding hydrogens is 264 g/mol. The average molecular weight is 288 g/mol. The van der Waals surface area contributed by atoms with Gasteiger partial charge in [0.05, 0.1) is 0 Å². The van der Waals surface area contributed by atoms with Gasteiger partial charge in [0.1, 0.15) is 0 Å². The molecular formula is C17H24N2S.